The monoisotopic (exact) mass is 306 g/mol. The van der Waals surface area contributed by atoms with Crippen LogP contribution in [-0.2, 0) is 21.3 Å². The van der Waals surface area contributed by atoms with Crippen molar-refractivity contribution in [3.63, 3.8) is 0 Å². The lowest BCUT2D eigenvalue weighted by atomic mass is 10.1. The van der Waals surface area contributed by atoms with Crippen LogP contribution in [0.25, 0.3) is 0 Å². The van der Waals surface area contributed by atoms with Crippen molar-refractivity contribution in [2.45, 2.75) is 24.8 Å². The summed E-state index contributed by atoms with van der Waals surface area (Å²) in [6.45, 7) is 2.80. The third-order valence-corrected chi connectivity index (χ3v) is 4.56. The number of ether oxygens (including phenoxy) is 1. The van der Waals surface area contributed by atoms with Gasteiger partial charge in [0.2, 0.25) is 10.0 Å². The number of methoxy groups -OCH3 is 1. The lowest BCUT2D eigenvalue weighted by molar-refractivity contribution is 0.196. The summed E-state index contributed by atoms with van der Waals surface area (Å²) in [7, 11) is -2.00. The fourth-order valence-corrected chi connectivity index (χ4v) is 3.39. The third-order valence-electron chi connectivity index (χ3n) is 2.76. The minimum Gasteiger partial charge on any atom is -0.385 e. The van der Waals surface area contributed by atoms with Crippen molar-refractivity contribution < 1.29 is 13.2 Å². The molecule has 19 heavy (non-hydrogen) atoms. The third kappa shape index (κ3) is 4.43. The Hall–Kier alpha value is -0.660. The second-order valence-electron chi connectivity index (χ2n) is 4.14. The fraction of sp³-hybridized carbons (Fsp3) is 0.500. The number of rotatable bonds is 7. The van der Waals surface area contributed by atoms with Gasteiger partial charge in [-0.15, -0.1) is 0 Å². The quantitative estimate of drug-likeness (QED) is 0.747. The van der Waals surface area contributed by atoms with Crippen LogP contribution in [0.1, 0.15) is 17.5 Å². The van der Waals surface area contributed by atoms with Gasteiger partial charge in [0.25, 0.3) is 0 Å². The van der Waals surface area contributed by atoms with Gasteiger partial charge in [0.05, 0.1) is 4.90 Å². The minimum absolute atomic E-state index is 0.179. The van der Waals surface area contributed by atoms with Crippen LogP contribution < -0.4 is 10.5 Å². The molecular weight excluding hydrogens is 288 g/mol. The van der Waals surface area contributed by atoms with Gasteiger partial charge in [0.1, 0.15) is 0 Å². The molecule has 0 amide bonds. The van der Waals surface area contributed by atoms with Crippen LogP contribution in [0.4, 0.5) is 0 Å². The molecule has 1 rings (SSSR count). The highest BCUT2D eigenvalue weighted by Gasteiger charge is 2.18. The van der Waals surface area contributed by atoms with E-state index in [1.54, 1.807) is 20.1 Å². The number of hydrogen-bond donors (Lipinski definition) is 2. The number of benzene rings is 1. The highest BCUT2D eigenvalue weighted by molar-refractivity contribution is 7.89. The molecule has 5 nitrogen and oxygen atoms in total. The van der Waals surface area contributed by atoms with E-state index in [9.17, 15) is 8.42 Å². The first kappa shape index (κ1) is 16.4. The summed E-state index contributed by atoms with van der Waals surface area (Å²) in [6.07, 6.45) is 0.610. The summed E-state index contributed by atoms with van der Waals surface area (Å²) in [5.41, 5.74) is 6.94. The predicted molar refractivity (Wildman–Crippen MR) is 75.8 cm³/mol. The van der Waals surface area contributed by atoms with E-state index in [1.165, 1.54) is 6.07 Å². The van der Waals surface area contributed by atoms with E-state index in [-0.39, 0.29) is 11.4 Å². The van der Waals surface area contributed by atoms with E-state index >= 15 is 0 Å². The zero-order valence-electron chi connectivity index (χ0n) is 11.1. The van der Waals surface area contributed by atoms with Crippen LogP contribution >= 0.6 is 11.6 Å². The van der Waals surface area contributed by atoms with E-state index < -0.39 is 10.0 Å². The van der Waals surface area contributed by atoms with Crippen molar-refractivity contribution in [3.05, 3.63) is 28.3 Å². The molecule has 0 saturated heterocycles. The number of nitrogens with one attached hydrogen (secondary N) is 1. The first-order valence-electron chi connectivity index (χ1n) is 5.90. The molecule has 0 aliphatic heterocycles. The van der Waals surface area contributed by atoms with Crippen molar-refractivity contribution in [1.29, 1.82) is 0 Å². The number of nitrogens with two attached hydrogens (primary N) is 1. The van der Waals surface area contributed by atoms with Gasteiger partial charge in [-0.3, -0.25) is 0 Å². The molecule has 0 heterocycles. The molecule has 7 heteroatoms. The second kappa shape index (κ2) is 7.21. The number of sulfonamides is 1. The molecule has 0 radical (unpaired) electrons. The maximum absolute atomic E-state index is 12.2. The molecule has 0 aliphatic carbocycles. The molecule has 0 aliphatic rings. The Bertz CT molecular complexity index is 532. The predicted octanol–water partition coefficient (Wildman–Crippen LogP) is 1.42. The molecule has 0 fully saturated rings. The summed E-state index contributed by atoms with van der Waals surface area (Å²) in [6, 6.07) is 3.12. The largest absolute Gasteiger partial charge is 0.385 e. The maximum Gasteiger partial charge on any atom is 0.240 e. The van der Waals surface area contributed by atoms with Crippen molar-refractivity contribution in [2.75, 3.05) is 20.3 Å². The summed E-state index contributed by atoms with van der Waals surface area (Å²) in [5.74, 6) is 0. The lowest BCUT2D eigenvalue weighted by Crippen LogP contribution is -2.26. The minimum atomic E-state index is -3.57. The lowest BCUT2D eigenvalue weighted by Gasteiger charge is -2.12. The molecule has 0 saturated carbocycles. The molecule has 0 spiro atoms. The normalized spacial score (nSPS) is 11.8. The molecule has 1 aromatic rings. The Morgan fingerprint density at radius 3 is 2.68 bits per heavy atom. The van der Waals surface area contributed by atoms with E-state index in [0.29, 0.717) is 30.2 Å². The number of halogens is 1. The Morgan fingerprint density at radius 2 is 2.11 bits per heavy atom. The van der Waals surface area contributed by atoms with Crippen LogP contribution in [0.5, 0.6) is 0 Å². The molecule has 3 N–H and O–H groups in total. The molecule has 0 aromatic heterocycles. The van der Waals surface area contributed by atoms with Crippen LogP contribution in [0, 0.1) is 6.92 Å². The topological polar surface area (TPSA) is 81.4 Å². The van der Waals surface area contributed by atoms with Crippen molar-refractivity contribution in [1.82, 2.24) is 4.72 Å². The first-order chi connectivity index (χ1) is 8.92. The highest BCUT2D eigenvalue weighted by Crippen LogP contribution is 2.24. The Morgan fingerprint density at radius 1 is 1.42 bits per heavy atom. The highest BCUT2D eigenvalue weighted by atomic mass is 35.5. The summed E-state index contributed by atoms with van der Waals surface area (Å²) in [4.78, 5) is 0.179. The SMILES string of the molecule is COCCCNS(=O)(=O)c1cc(Cl)cc(CN)c1C. The fourth-order valence-electron chi connectivity index (χ4n) is 1.70. The van der Waals surface area contributed by atoms with Crippen molar-refractivity contribution >= 4 is 21.6 Å². The van der Waals surface area contributed by atoms with Crippen molar-refractivity contribution in [2.24, 2.45) is 5.73 Å². The summed E-state index contributed by atoms with van der Waals surface area (Å²) in [5, 5.41) is 0.364. The van der Waals surface area contributed by atoms with Gasteiger partial charge in [-0.25, -0.2) is 13.1 Å². The molecule has 0 bridgehead atoms. The van der Waals surface area contributed by atoms with Gasteiger partial charge >= 0.3 is 0 Å². The van der Waals surface area contributed by atoms with Crippen LogP contribution in [0.3, 0.4) is 0 Å². The second-order valence-corrected chi connectivity index (χ2v) is 6.31. The number of hydrogen-bond acceptors (Lipinski definition) is 4. The summed E-state index contributed by atoms with van der Waals surface area (Å²) < 4.78 is 31.8. The average Bonchev–Trinajstić information content (AvgIpc) is 2.37. The Balaban J connectivity index is 2.98. The Labute approximate surface area is 119 Å². The first-order valence-corrected chi connectivity index (χ1v) is 7.76. The standard InChI is InChI=1S/C12H19ClN2O3S/c1-9-10(8-14)6-11(13)7-12(9)19(16,17)15-4-3-5-18-2/h6-7,15H,3-5,8,14H2,1-2H3. The Kier molecular flexibility index (Phi) is 6.22. The maximum atomic E-state index is 12.2. The van der Waals surface area contributed by atoms with E-state index in [2.05, 4.69) is 4.72 Å². The molecule has 0 atom stereocenters. The average molecular weight is 307 g/mol. The van der Waals surface area contributed by atoms with E-state index in [0.717, 1.165) is 5.56 Å². The van der Waals surface area contributed by atoms with Crippen LogP contribution in [0.2, 0.25) is 5.02 Å². The smallest absolute Gasteiger partial charge is 0.240 e. The summed E-state index contributed by atoms with van der Waals surface area (Å²) >= 11 is 5.92. The zero-order valence-corrected chi connectivity index (χ0v) is 12.6. The van der Waals surface area contributed by atoms with E-state index in [1.807, 2.05) is 0 Å². The van der Waals surface area contributed by atoms with Crippen molar-refractivity contribution in [3.8, 4) is 0 Å². The van der Waals surface area contributed by atoms with Crippen LogP contribution in [0.15, 0.2) is 17.0 Å². The molecule has 108 valence electrons. The molecule has 0 unspecified atom stereocenters. The van der Waals surface area contributed by atoms with Gasteiger partial charge in [-0.05, 0) is 36.6 Å². The van der Waals surface area contributed by atoms with Crippen LogP contribution in [-0.4, -0.2) is 28.7 Å². The van der Waals surface area contributed by atoms with Gasteiger partial charge in [-0.2, -0.15) is 0 Å². The van der Waals surface area contributed by atoms with Gasteiger partial charge in [0.15, 0.2) is 0 Å². The zero-order chi connectivity index (χ0) is 14.5. The van der Waals surface area contributed by atoms with E-state index in [4.69, 9.17) is 22.1 Å². The van der Waals surface area contributed by atoms with Gasteiger partial charge in [-0.1, -0.05) is 11.6 Å². The van der Waals surface area contributed by atoms with Gasteiger partial charge < -0.3 is 10.5 Å². The molecular formula is C12H19ClN2O3S. The molecule has 1 aromatic carbocycles. The van der Waals surface area contributed by atoms with Gasteiger partial charge in [0, 0.05) is 31.8 Å².